The van der Waals surface area contributed by atoms with Gasteiger partial charge >= 0.3 is 0 Å². The average Bonchev–Trinajstić information content (AvgIpc) is 2.47. The number of rotatable bonds is 4. The Bertz CT molecular complexity index is 643. The molecule has 0 radical (unpaired) electrons. The van der Waals surface area contributed by atoms with Gasteiger partial charge in [0.15, 0.2) is 0 Å². The van der Waals surface area contributed by atoms with Gasteiger partial charge in [0.25, 0.3) is 0 Å². The van der Waals surface area contributed by atoms with Crippen molar-refractivity contribution in [3.05, 3.63) is 65.7 Å². The summed E-state index contributed by atoms with van der Waals surface area (Å²) in [5.74, 6) is 0.390. The largest absolute Gasteiger partial charge is 0.508 e. The number of hydrogen-bond donors (Lipinski definition) is 2. The Morgan fingerprint density at radius 2 is 1.76 bits per heavy atom. The Balaban J connectivity index is 2.07. The fourth-order valence-corrected chi connectivity index (χ4v) is 2.05. The average molecular weight is 281 g/mol. The van der Waals surface area contributed by atoms with E-state index in [-0.39, 0.29) is 11.7 Å². The molecule has 0 aliphatic carbocycles. The van der Waals surface area contributed by atoms with Gasteiger partial charge in [-0.25, -0.2) is 0 Å². The van der Waals surface area contributed by atoms with Crippen LogP contribution in [0.5, 0.6) is 5.75 Å². The minimum absolute atomic E-state index is 0.170. The molecule has 0 aliphatic rings. The van der Waals surface area contributed by atoms with Crippen molar-refractivity contribution in [2.45, 2.75) is 19.8 Å². The van der Waals surface area contributed by atoms with Gasteiger partial charge in [-0.1, -0.05) is 44.2 Å². The van der Waals surface area contributed by atoms with Crippen LogP contribution in [0.4, 0.5) is 5.69 Å². The molecule has 0 saturated heterocycles. The third-order valence-corrected chi connectivity index (χ3v) is 3.16. The fraction of sp³-hybridized carbons (Fsp3) is 0.167. The lowest BCUT2D eigenvalue weighted by atomic mass is 10.0. The second kappa shape index (κ2) is 6.75. The number of anilines is 1. The van der Waals surface area contributed by atoms with E-state index in [4.69, 9.17) is 0 Å². The Hall–Kier alpha value is -2.55. The molecule has 2 rings (SSSR count). The molecule has 0 spiro atoms. The first-order valence-electron chi connectivity index (χ1n) is 6.93. The number of carbonyl (C=O) groups excluding carboxylic acids is 1. The van der Waals surface area contributed by atoms with E-state index in [1.54, 1.807) is 30.3 Å². The van der Waals surface area contributed by atoms with Gasteiger partial charge in [0.1, 0.15) is 5.75 Å². The van der Waals surface area contributed by atoms with Crippen LogP contribution in [-0.2, 0) is 4.79 Å². The van der Waals surface area contributed by atoms with Crippen molar-refractivity contribution in [2.24, 2.45) is 0 Å². The molecular weight excluding hydrogens is 262 g/mol. The zero-order valence-corrected chi connectivity index (χ0v) is 12.2. The van der Waals surface area contributed by atoms with Crippen LogP contribution in [0.1, 0.15) is 30.9 Å². The number of carbonyl (C=O) groups is 1. The van der Waals surface area contributed by atoms with E-state index in [0.29, 0.717) is 5.92 Å². The Kier molecular flexibility index (Phi) is 4.77. The third kappa shape index (κ3) is 4.21. The maximum absolute atomic E-state index is 12.0. The van der Waals surface area contributed by atoms with Crippen molar-refractivity contribution in [1.29, 1.82) is 0 Å². The summed E-state index contributed by atoms with van der Waals surface area (Å²) in [6.45, 7) is 4.19. The Labute approximate surface area is 124 Å². The molecule has 0 aliphatic heterocycles. The van der Waals surface area contributed by atoms with E-state index in [1.165, 1.54) is 6.08 Å². The molecule has 0 unspecified atom stereocenters. The number of nitrogens with one attached hydrogen (secondary N) is 1. The molecule has 0 fully saturated rings. The zero-order valence-electron chi connectivity index (χ0n) is 12.2. The highest BCUT2D eigenvalue weighted by molar-refractivity contribution is 6.02. The lowest BCUT2D eigenvalue weighted by molar-refractivity contribution is -0.111. The maximum atomic E-state index is 12.0. The molecule has 21 heavy (non-hydrogen) atoms. The summed E-state index contributed by atoms with van der Waals surface area (Å²) in [4.78, 5) is 12.0. The predicted molar refractivity (Wildman–Crippen MR) is 86.3 cm³/mol. The predicted octanol–water partition coefficient (Wildman–Crippen LogP) is 4.17. The number of aromatic hydroxyl groups is 1. The number of phenolic OH excluding ortho intramolecular Hbond substituents is 1. The van der Waals surface area contributed by atoms with Crippen LogP contribution >= 0.6 is 0 Å². The van der Waals surface area contributed by atoms with Crippen LogP contribution < -0.4 is 5.32 Å². The van der Waals surface area contributed by atoms with E-state index < -0.39 is 0 Å². The maximum Gasteiger partial charge on any atom is 0.248 e. The number of hydrogen-bond acceptors (Lipinski definition) is 2. The normalized spacial score (nSPS) is 11.0. The summed E-state index contributed by atoms with van der Waals surface area (Å²) in [5, 5.41) is 12.1. The number of phenols is 1. The molecule has 0 saturated carbocycles. The number of amides is 1. The summed E-state index contributed by atoms with van der Waals surface area (Å²) >= 11 is 0. The highest BCUT2D eigenvalue weighted by atomic mass is 16.3. The van der Waals surface area contributed by atoms with E-state index in [2.05, 4.69) is 19.2 Å². The van der Waals surface area contributed by atoms with Gasteiger partial charge in [0, 0.05) is 11.8 Å². The summed E-state index contributed by atoms with van der Waals surface area (Å²) in [7, 11) is 0. The topological polar surface area (TPSA) is 49.3 Å². The fourth-order valence-electron chi connectivity index (χ4n) is 2.05. The first-order valence-corrected chi connectivity index (χ1v) is 6.93. The van der Waals surface area contributed by atoms with E-state index in [0.717, 1.165) is 16.8 Å². The molecule has 3 nitrogen and oxygen atoms in total. The minimum Gasteiger partial charge on any atom is -0.508 e. The van der Waals surface area contributed by atoms with Crippen LogP contribution in [0.2, 0.25) is 0 Å². The summed E-state index contributed by atoms with van der Waals surface area (Å²) in [5.41, 5.74) is 2.82. The molecule has 0 atom stereocenters. The molecular formula is C18H19NO2. The van der Waals surface area contributed by atoms with Crippen LogP contribution in [-0.4, -0.2) is 11.0 Å². The van der Waals surface area contributed by atoms with Crippen molar-refractivity contribution in [3.8, 4) is 5.75 Å². The SMILES string of the molecule is CC(C)c1ccccc1NC(=O)/C=C/c1ccc(O)cc1. The van der Waals surface area contributed by atoms with E-state index in [9.17, 15) is 9.90 Å². The lowest BCUT2D eigenvalue weighted by Crippen LogP contribution is -2.10. The van der Waals surface area contributed by atoms with Gasteiger partial charge in [-0.05, 0) is 41.3 Å². The zero-order chi connectivity index (χ0) is 15.2. The van der Waals surface area contributed by atoms with E-state index >= 15 is 0 Å². The first kappa shape index (κ1) is 14.9. The molecule has 0 bridgehead atoms. The Morgan fingerprint density at radius 3 is 2.43 bits per heavy atom. The lowest BCUT2D eigenvalue weighted by Gasteiger charge is -2.12. The molecule has 2 N–H and O–H groups in total. The quantitative estimate of drug-likeness (QED) is 0.826. The van der Waals surface area contributed by atoms with Gasteiger partial charge in [0.2, 0.25) is 5.91 Å². The van der Waals surface area contributed by atoms with Crippen molar-refractivity contribution < 1.29 is 9.90 Å². The van der Waals surface area contributed by atoms with Gasteiger partial charge in [-0.3, -0.25) is 4.79 Å². The molecule has 0 heterocycles. The van der Waals surface area contributed by atoms with Crippen molar-refractivity contribution in [1.82, 2.24) is 0 Å². The standard InChI is InChI=1S/C18H19NO2/c1-13(2)16-5-3-4-6-17(16)19-18(21)12-9-14-7-10-15(20)11-8-14/h3-13,20H,1-2H3,(H,19,21)/b12-9+. The van der Waals surface area contributed by atoms with Gasteiger partial charge in [-0.15, -0.1) is 0 Å². The van der Waals surface area contributed by atoms with Gasteiger partial charge in [-0.2, -0.15) is 0 Å². The van der Waals surface area contributed by atoms with Crippen molar-refractivity contribution >= 4 is 17.7 Å². The van der Waals surface area contributed by atoms with Gasteiger partial charge in [0.05, 0.1) is 0 Å². The molecule has 3 heteroatoms. The molecule has 0 aromatic heterocycles. The smallest absolute Gasteiger partial charge is 0.248 e. The van der Waals surface area contributed by atoms with Crippen LogP contribution in [0.15, 0.2) is 54.6 Å². The highest BCUT2D eigenvalue weighted by Crippen LogP contribution is 2.23. The van der Waals surface area contributed by atoms with Gasteiger partial charge < -0.3 is 10.4 Å². The van der Waals surface area contributed by atoms with Crippen molar-refractivity contribution in [2.75, 3.05) is 5.32 Å². The number of benzene rings is 2. The Morgan fingerprint density at radius 1 is 1.10 bits per heavy atom. The minimum atomic E-state index is -0.170. The second-order valence-electron chi connectivity index (χ2n) is 5.16. The third-order valence-electron chi connectivity index (χ3n) is 3.16. The molecule has 2 aromatic rings. The van der Waals surface area contributed by atoms with Crippen molar-refractivity contribution in [3.63, 3.8) is 0 Å². The molecule has 1 amide bonds. The highest BCUT2D eigenvalue weighted by Gasteiger charge is 2.07. The molecule has 108 valence electrons. The van der Waals surface area contributed by atoms with E-state index in [1.807, 2.05) is 24.3 Å². The van der Waals surface area contributed by atoms with Crippen LogP contribution in [0, 0.1) is 0 Å². The second-order valence-corrected chi connectivity index (χ2v) is 5.16. The van der Waals surface area contributed by atoms with Crippen LogP contribution in [0.25, 0.3) is 6.08 Å². The monoisotopic (exact) mass is 281 g/mol. The van der Waals surface area contributed by atoms with Crippen LogP contribution in [0.3, 0.4) is 0 Å². The summed E-state index contributed by atoms with van der Waals surface area (Å²) in [6, 6.07) is 14.5. The summed E-state index contributed by atoms with van der Waals surface area (Å²) < 4.78 is 0. The summed E-state index contributed by atoms with van der Waals surface area (Å²) in [6.07, 6.45) is 3.20. The molecule has 2 aromatic carbocycles. The first-order chi connectivity index (χ1) is 10.1. The number of para-hydroxylation sites is 1.